The van der Waals surface area contributed by atoms with Crippen molar-refractivity contribution in [1.29, 1.82) is 0 Å². The van der Waals surface area contributed by atoms with Crippen LogP contribution < -0.4 is 5.32 Å². The molecular formula is C24H46N3O+. The minimum absolute atomic E-state index is 0.0538. The van der Waals surface area contributed by atoms with Gasteiger partial charge in [-0.3, -0.25) is 9.28 Å². The molecule has 1 rings (SSSR count). The van der Waals surface area contributed by atoms with Crippen LogP contribution >= 0.6 is 0 Å². The summed E-state index contributed by atoms with van der Waals surface area (Å²) in [6.45, 7) is 10.2. The Morgan fingerprint density at radius 1 is 1.07 bits per heavy atom. The molecule has 3 unspecified atom stereocenters. The highest BCUT2D eigenvalue weighted by Crippen LogP contribution is 2.27. The number of rotatable bonds is 16. The number of carbonyl (C=O) groups excluding carboxylic acids is 1. The first-order valence-corrected chi connectivity index (χ1v) is 11.9. The molecule has 4 nitrogen and oxygen atoms in total. The van der Waals surface area contributed by atoms with Crippen molar-refractivity contribution in [3.63, 3.8) is 0 Å². The predicted octanol–water partition coefficient (Wildman–Crippen LogP) is 5.97. The summed E-state index contributed by atoms with van der Waals surface area (Å²) in [4.78, 5) is 16.3. The smallest absolute Gasteiger partial charge is 0.221 e. The van der Waals surface area contributed by atoms with E-state index in [1.54, 1.807) is 6.92 Å². The van der Waals surface area contributed by atoms with Gasteiger partial charge in [0, 0.05) is 20.3 Å². The molecule has 0 aliphatic carbocycles. The van der Waals surface area contributed by atoms with Crippen LogP contribution in [-0.2, 0) is 4.79 Å². The molecule has 0 saturated heterocycles. The number of nitrogens with zero attached hydrogens (tertiary/aromatic N) is 2. The Morgan fingerprint density at radius 3 is 2.25 bits per heavy atom. The maximum absolute atomic E-state index is 11.5. The molecule has 4 heteroatoms. The summed E-state index contributed by atoms with van der Waals surface area (Å²) in [5.41, 5.74) is 0. The van der Waals surface area contributed by atoms with Crippen molar-refractivity contribution in [3.8, 4) is 0 Å². The van der Waals surface area contributed by atoms with Crippen molar-refractivity contribution in [2.24, 2.45) is 4.99 Å². The zero-order valence-electron chi connectivity index (χ0n) is 19.1. The third kappa shape index (κ3) is 8.89. The zero-order chi connectivity index (χ0) is 20.7. The minimum atomic E-state index is 0.0538. The highest BCUT2D eigenvalue weighted by molar-refractivity contribution is 5.73. The summed E-state index contributed by atoms with van der Waals surface area (Å²) < 4.78 is 0.876. The number of hydrogen-bond acceptors (Lipinski definition) is 2. The monoisotopic (exact) mass is 392 g/mol. The molecule has 0 spiro atoms. The van der Waals surface area contributed by atoms with Gasteiger partial charge in [-0.25, -0.2) is 4.99 Å². The van der Waals surface area contributed by atoms with Crippen LogP contribution in [0.25, 0.3) is 0 Å². The average Bonchev–Trinajstić information content (AvgIpc) is 3.09. The lowest BCUT2D eigenvalue weighted by Gasteiger charge is -2.42. The molecule has 0 aromatic heterocycles. The van der Waals surface area contributed by atoms with Crippen LogP contribution in [-0.4, -0.2) is 42.0 Å². The Hall–Kier alpha value is -1.16. The highest BCUT2D eigenvalue weighted by atomic mass is 16.1. The lowest BCUT2D eigenvalue weighted by atomic mass is 10.1. The van der Waals surface area contributed by atoms with E-state index in [2.05, 4.69) is 44.5 Å². The lowest BCUT2D eigenvalue weighted by Crippen LogP contribution is -2.63. The second-order valence-corrected chi connectivity index (χ2v) is 8.46. The van der Waals surface area contributed by atoms with Gasteiger partial charge >= 0.3 is 0 Å². The van der Waals surface area contributed by atoms with E-state index in [0.29, 0.717) is 6.17 Å². The largest absolute Gasteiger partial charge is 0.307 e. The molecule has 0 fully saturated rings. The molecule has 0 bridgehead atoms. The van der Waals surface area contributed by atoms with E-state index in [1.165, 1.54) is 70.6 Å². The van der Waals surface area contributed by atoms with Crippen LogP contribution in [0.5, 0.6) is 0 Å². The van der Waals surface area contributed by atoms with Gasteiger partial charge in [0.2, 0.25) is 5.91 Å². The van der Waals surface area contributed by atoms with Crippen molar-refractivity contribution in [3.05, 3.63) is 12.2 Å². The number of amides is 1. The van der Waals surface area contributed by atoms with Gasteiger partial charge in [0.15, 0.2) is 12.3 Å². The Bertz CT molecular complexity index is 474. The maximum Gasteiger partial charge on any atom is 0.221 e. The van der Waals surface area contributed by atoms with Crippen molar-refractivity contribution in [1.82, 2.24) is 5.32 Å². The first-order chi connectivity index (χ1) is 13.6. The van der Waals surface area contributed by atoms with Gasteiger partial charge in [-0.15, -0.1) is 0 Å². The van der Waals surface area contributed by atoms with E-state index in [4.69, 9.17) is 4.99 Å². The average molecular weight is 393 g/mol. The van der Waals surface area contributed by atoms with Crippen molar-refractivity contribution in [2.75, 3.05) is 13.1 Å². The number of unbranched alkanes of at least 4 members (excludes halogenated alkanes) is 9. The highest BCUT2D eigenvalue weighted by Gasteiger charge is 2.42. The Morgan fingerprint density at radius 2 is 1.68 bits per heavy atom. The lowest BCUT2D eigenvalue weighted by molar-refractivity contribution is -0.959. The number of quaternary nitrogens is 1. The number of aliphatic imine (C=N–C) groups is 1. The summed E-state index contributed by atoms with van der Waals surface area (Å²) in [6, 6.07) is 0. The quantitative estimate of drug-likeness (QED) is 0.196. The summed E-state index contributed by atoms with van der Waals surface area (Å²) in [5, 5.41) is 3.10. The molecule has 0 saturated carbocycles. The fraction of sp³-hybridized carbons (Fsp3) is 0.833. The Kier molecular flexibility index (Phi) is 13.1. The van der Waals surface area contributed by atoms with E-state index in [-0.39, 0.29) is 12.1 Å². The molecule has 1 N–H and O–H groups in total. The number of hydrogen-bond donors (Lipinski definition) is 1. The second kappa shape index (κ2) is 14.8. The van der Waals surface area contributed by atoms with Gasteiger partial charge in [0.25, 0.3) is 0 Å². The van der Waals surface area contributed by atoms with E-state index in [9.17, 15) is 4.79 Å². The van der Waals surface area contributed by atoms with Gasteiger partial charge in [0.1, 0.15) is 6.54 Å². The Balaban J connectivity index is 2.14. The third-order valence-electron chi connectivity index (χ3n) is 6.29. The standard InChI is InChI=1S/C24H45N3O/c1-5-7-8-9-10-11-12-13-14-15-16-17-18-19-24-25-20-21-27(24,6-2)22(3)26-23(4)28/h12-13,20,22,24H,5-11,14-19,21H2,1-4H3/p+1/b13-12+. The van der Waals surface area contributed by atoms with Crippen LogP contribution in [0.15, 0.2) is 17.1 Å². The predicted molar refractivity (Wildman–Crippen MR) is 121 cm³/mol. The summed E-state index contributed by atoms with van der Waals surface area (Å²) in [7, 11) is 0. The van der Waals surface area contributed by atoms with Crippen LogP contribution in [0, 0.1) is 0 Å². The molecule has 28 heavy (non-hydrogen) atoms. The summed E-state index contributed by atoms with van der Waals surface area (Å²) in [5.74, 6) is 0.0538. The van der Waals surface area contributed by atoms with Gasteiger partial charge in [-0.1, -0.05) is 57.6 Å². The first-order valence-electron chi connectivity index (χ1n) is 11.9. The van der Waals surface area contributed by atoms with Gasteiger partial charge in [0.05, 0.1) is 12.8 Å². The van der Waals surface area contributed by atoms with Crippen molar-refractivity contribution in [2.45, 2.75) is 117 Å². The maximum atomic E-state index is 11.5. The molecular weight excluding hydrogens is 346 g/mol. The fourth-order valence-electron chi connectivity index (χ4n) is 4.40. The van der Waals surface area contributed by atoms with Crippen molar-refractivity contribution < 1.29 is 9.28 Å². The molecule has 3 atom stereocenters. The molecule has 1 amide bonds. The van der Waals surface area contributed by atoms with Crippen LogP contribution in [0.2, 0.25) is 0 Å². The summed E-state index contributed by atoms with van der Waals surface area (Å²) in [6.07, 6.45) is 22.9. The summed E-state index contributed by atoms with van der Waals surface area (Å²) >= 11 is 0. The minimum Gasteiger partial charge on any atom is -0.307 e. The topological polar surface area (TPSA) is 41.5 Å². The van der Waals surface area contributed by atoms with Crippen LogP contribution in [0.4, 0.5) is 0 Å². The third-order valence-corrected chi connectivity index (χ3v) is 6.29. The van der Waals surface area contributed by atoms with Crippen molar-refractivity contribution >= 4 is 12.1 Å². The zero-order valence-corrected chi connectivity index (χ0v) is 19.1. The molecule has 0 aromatic carbocycles. The number of allylic oxidation sites excluding steroid dienone is 2. The molecule has 1 aliphatic heterocycles. The van der Waals surface area contributed by atoms with Crippen LogP contribution in [0.3, 0.4) is 0 Å². The van der Waals surface area contributed by atoms with E-state index < -0.39 is 0 Å². The molecule has 1 aliphatic rings. The van der Waals surface area contributed by atoms with Gasteiger partial charge in [-0.05, 0) is 39.0 Å². The van der Waals surface area contributed by atoms with Gasteiger partial charge < -0.3 is 5.32 Å². The molecule has 162 valence electrons. The van der Waals surface area contributed by atoms with E-state index in [0.717, 1.165) is 24.0 Å². The molecule has 0 radical (unpaired) electrons. The van der Waals surface area contributed by atoms with Gasteiger partial charge in [-0.2, -0.15) is 0 Å². The Labute approximate surface area is 174 Å². The van der Waals surface area contributed by atoms with E-state index in [1.807, 2.05) is 0 Å². The normalized spacial score (nSPS) is 22.8. The number of nitrogens with one attached hydrogen (secondary N) is 1. The number of carbonyl (C=O) groups is 1. The second-order valence-electron chi connectivity index (χ2n) is 8.46. The molecule has 0 aromatic rings. The molecule has 1 heterocycles. The van der Waals surface area contributed by atoms with Crippen LogP contribution in [0.1, 0.15) is 105 Å². The SMILES string of the molecule is CCCCCCC/C=C/CCCCCCC1N=CC[N+]1(CC)C(C)NC(C)=O. The fourth-order valence-corrected chi connectivity index (χ4v) is 4.40. The van der Waals surface area contributed by atoms with E-state index >= 15 is 0 Å². The first kappa shape index (κ1) is 24.9.